The highest BCUT2D eigenvalue weighted by Crippen LogP contribution is 2.56. The molecule has 0 saturated heterocycles. The summed E-state index contributed by atoms with van der Waals surface area (Å²) < 4.78 is 39.7. The number of hydrogen-bond acceptors (Lipinski definition) is 2. The van der Waals surface area contributed by atoms with Gasteiger partial charge < -0.3 is 10.6 Å². The molecule has 2 bridgehead atoms. The lowest BCUT2D eigenvalue weighted by molar-refractivity contribution is -0.193. The van der Waals surface area contributed by atoms with Crippen LogP contribution in [0.25, 0.3) is 0 Å². The Labute approximate surface area is 136 Å². The third kappa shape index (κ3) is 1.76. The van der Waals surface area contributed by atoms with Crippen LogP contribution in [0.4, 0.5) is 18.9 Å². The third-order valence-electron chi connectivity index (χ3n) is 5.17. The van der Waals surface area contributed by atoms with Crippen molar-refractivity contribution >= 4 is 11.6 Å². The number of hydrogen-bond donors (Lipinski definition) is 1. The van der Waals surface area contributed by atoms with Gasteiger partial charge in [-0.3, -0.25) is 4.79 Å². The first-order chi connectivity index (χ1) is 11.2. The molecule has 2 atom stereocenters. The van der Waals surface area contributed by atoms with Crippen molar-refractivity contribution in [2.75, 3.05) is 5.73 Å². The molecule has 124 valence electrons. The van der Waals surface area contributed by atoms with E-state index in [1.807, 2.05) is 6.07 Å². The second-order valence-corrected chi connectivity index (χ2v) is 6.47. The lowest BCUT2D eigenvalue weighted by atomic mass is 9.80. The normalized spacial score (nSPS) is 24.5. The van der Waals surface area contributed by atoms with Crippen LogP contribution in [0.3, 0.4) is 0 Å². The molecule has 4 rings (SSSR count). The summed E-state index contributed by atoms with van der Waals surface area (Å²) >= 11 is 0. The van der Waals surface area contributed by atoms with Crippen molar-refractivity contribution in [1.82, 2.24) is 4.90 Å². The van der Waals surface area contributed by atoms with E-state index < -0.39 is 23.7 Å². The number of nitrogens with two attached hydrogens (primary N) is 1. The number of anilines is 1. The summed E-state index contributed by atoms with van der Waals surface area (Å²) in [4.78, 5) is 13.2. The summed E-state index contributed by atoms with van der Waals surface area (Å²) in [5, 5.41) is 0. The minimum absolute atomic E-state index is 0.351. The number of rotatable bonds is 0. The molecule has 2 aromatic rings. The van der Waals surface area contributed by atoms with E-state index in [0.717, 1.165) is 21.6 Å². The number of nitrogen functional groups attached to an aromatic ring is 1. The average molecular weight is 332 g/mol. The standard InChI is InChI=1S/C18H15F3N2O/c1-17-13-5-3-2-4-12(13)15(23(17)16(24)18(19,20)21)8-10-6-7-11(22)9-14(10)17/h2-7,9,15H,8,22H2,1H3. The van der Waals surface area contributed by atoms with E-state index in [2.05, 4.69) is 0 Å². The Morgan fingerprint density at radius 2 is 1.92 bits per heavy atom. The molecule has 1 amide bonds. The molecule has 0 aliphatic carbocycles. The fourth-order valence-electron chi connectivity index (χ4n) is 4.20. The van der Waals surface area contributed by atoms with E-state index in [4.69, 9.17) is 5.73 Å². The van der Waals surface area contributed by atoms with E-state index in [1.54, 1.807) is 43.3 Å². The molecule has 6 heteroatoms. The van der Waals surface area contributed by atoms with Crippen LogP contribution >= 0.6 is 0 Å². The molecule has 0 spiro atoms. The predicted molar refractivity (Wildman–Crippen MR) is 83.1 cm³/mol. The van der Waals surface area contributed by atoms with E-state index in [0.29, 0.717) is 17.7 Å². The van der Waals surface area contributed by atoms with Gasteiger partial charge in [-0.05, 0) is 47.7 Å². The second kappa shape index (κ2) is 4.53. The highest BCUT2D eigenvalue weighted by atomic mass is 19.4. The number of nitrogens with zero attached hydrogens (tertiary/aromatic N) is 1. The molecule has 2 N–H and O–H groups in total. The Morgan fingerprint density at radius 1 is 1.21 bits per heavy atom. The number of benzene rings is 2. The van der Waals surface area contributed by atoms with Crippen LogP contribution < -0.4 is 5.73 Å². The van der Waals surface area contributed by atoms with Gasteiger partial charge in [0.05, 0.1) is 11.6 Å². The Bertz CT molecular complexity index is 862. The van der Waals surface area contributed by atoms with Crippen molar-refractivity contribution in [3.8, 4) is 0 Å². The van der Waals surface area contributed by atoms with Crippen LogP contribution in [-0.2, 0) is 16.8 Å². The van der Waals surface area contributed by atoms with Gasteiger partial charge in [0, 0.05) is 5.69 Å². The molecule has 0 saturated carbocycles. The van der Waals surface area contributed by atoms with Crippen LogP contribution in [0.5, 0.6) is 0 Å². The highest BCUT2D eigenvalue weighted by Gasteiger charge is 2.59. The third-order valence-corrected chi connectivity index (χ3v) is 5.17. The zero-order valence-electron chi connectivity index (χ0n) is 12.9. The lowest BCUT2D eigenvalue weighted by Crippen LogP contribution is -2.53. The maximum atomic E-state index is 13.2. The number of carbonyl (C=O) groups is 1. The molecule has 2 heterocycles. The quantitative estimate of drug-likeness (QED) is 0.750. The number of amides is 1. The van der Waals surface area contributed by atoms with Crippen LogP contribution in [0.15, 0.2) is 42.5 Å². The van der Waals surface area contributed by atoms with E-state index in [1.165, 1.54) is 0 Å². The molecule has 0 aromatic heterocycles. The number of fused-ring (bicyclic) bond motifs is 7. The fourth-order valence-corrected chi connectivity index (χ4v) is 4.20. The Hall–Kier alpha value is -2.50. The first-order valence-corrected chi connectivity index (χ1v) is 7.63. The highest BCUT2D eigenvalue weighted by molar-refractivity contribution is 5.86. The summed E-state index contributed by atoms with van der Waals surface area (Å²) in [6.07, 6.45) is -4.57. The Balaban J connectivity index is 2.02. The van der Waals surface area contributed by atoms with Crippen molar-refractivity contribution in [3.05, 3.63) is 64.7 Å². The summed E-state index contributed by atoms with van der Waals surface area (Å²) in [6.45, 7) is 1.67. The van der Waals surface area contributed by atoms with Crippen molar-refractivity contribution in [2.24, 2.45) is 0 Å². The van der Waals surface area contributed by atoms with Crippen molar-refractivity contribution in [2.45, 2.75) is 31.1 Å². The maximum Gasteiger partial charge on any atom is 0.471 e. The molecule has 0 radical (unpaired) electrons. The fraction of sp³-hybridized carbons (Fsp3) is 0.278. The summed E-state index contributed by atoms with van der Waals surface area (Å²) in [5.41, 5.74) is 8.27. The van der Waals surface area contributed by atoms with Crippen molar-refractivity contribution in [3.63, 3.8) is 0 Å². The van der Waals surface area contributed by atoms with Gasteiger partial charge in [0.25, 0.3) is 0 Å². The number of alkyl halides is 3. The van der Waals surface area contributed by atoms with E-state index >= 15 is 0 Å². The van der Waals surface area contributed by atoms with E-state index in [-0.39, 0.29) is 0 Å². The van der Waals surface area contributed by atoms with Gasteiger partial charge in [-0.2, -0.15) is 13.2 Å². The van der Waals surface area contributed by atoms with Crippen molar-refractivity contribution in [1.29, 1.82) is 0 Å². The van der Waals surface area contributed by atoms with Crippen LogP contribution in [0, 0.1) is 0 Å². The summed E-state index contributed by atoms with van der Waals surface area (Å²) in [7, 11) is 0. The predicted octanol–water partition coefficient (Wildman–Crippen LogP) is 3.53. The van der Waals surface area contributed by atoms with Gasteiger partial charge >= 0.3 is 12.1 Å². The van der Waals surface area contributed by atoms with Gasteiger partial charge in [-0.1, -0.05) is 30.3 Å². The minimum Gasteiger partial charge on any atom is -0.399 e. The van der Waals surface area contributed by atoms with Crippen LogP contribution in [0.1, 0.15) is 35.2 Å². The monoisotopic (exact) mass is 332 g/mol. The van der Waals surface area contributed by atoms with Gasteiger partial charge in [0.1, 0.15) is 0 Å². The molecule has 0 fully saturated rings. The smallest absolute Gasteiger partial charge is 0.399 e. The topological polar surface area (TPSA) is 46.3 Å². The molecular formula is C18H15F3N2O. The first kappa shape index (κ1) is 15.1. The van der Waals surface area contributed by atoms with Gasteiger partial charge in [0.2, 0.25) is 0 Å². The maximum absolute atomic E-state index is 13.2. The Kier molecular flexibility index (Phi) is 2.84. The van der Waals surface area contributed by atoms with Crippen LogP contribution in [0.2, 0.25) is 0 Å². The molecule has 24 heavy (non-hydrogen) atoms. The Morgan fingerprint density at radius 3 is 2.62 bits per heavy atom. The van der Waals surface area contributed by atoms with Crippen LogP contribution in [-0.4, -0.2) is 17.0 Å². The zero-order chi connectivity index (χ0) is 17.3. The molecule has 2 aliphatic heterocycles. The van der Waals surface area contributed by atoms with Crippen molar-refractivity contribution < 1.29 is 18.0 Å². The average Bonchev–Trinajstić information content (AvgIpc) is 2.72. The van der Waals surface area contributed by atoms with Gasteiger partial charge in [0.15, 0.2) is 0 Å². The molecule has 2 aromatic carbocycles. The molecule has 2 aliphatic rings. The molecule has 3 nitrogen and oxygen atoms in total. The molecule has 2 unspecified atom stereocenters. The minimum atomic E-state index is -4.92. The number of halogens is 3. The SMILES string of the molecule is CC12c3cc(N)ccc3CC(c3ccccc31)N2C(=O)C(F)(F)F. The largest absolute Gasteiger partial charge is 0.471 e. The zero-order valence-corrected chi connectivity index (χ0v) is 12.9. The summed E-state index contributed by atoms with van der Waals surface area (Å²) in [6, 6.07) is 11.8. The molecular weight excluding hydrogens is 317 g/mol. The second-order valence-electron chi connectivity index (χ2n) is 6.47. The van der Waals surface area contributed by atoms with Gasteiger partial charge in [-0.15, -0.1) is 0 Å². The summed E-state index contributed by atoms with van der Waals surface area (Å²) in [5.74, 6) is -1.81. The number of carbonyl (C=O) groups excluding carboxylic acids is 1. The van der Waals surface area contributed by atoms with Gasteiger partial charge in [-0.25, -0.2) is 0 Å². The van der Waals surface area contributed by atoms with E-state index in [9.17, 15) is 18.0 Å². The first-order valence-electron chi connectivity index (χ1n) is 7.63. The lowest BCUT2D eigenvalue weighted by Gasteiger charge is -2.44.